The van der Waals surface area contributed by atoms with E-state index in [0.29, 0.717) is 17.1 Å². The van der Waals surface area contributed by atoms with E-state index >= 15 is 0 Å². The minimum absolute atomic E-state index is 0.239. The zero-order chi connectivity index (χ0) is 13.3. The van der Waals surface area contributed by atoms with E-state index in [1.54, 1.807) is 44.0 Å². The number of hydrogen-bond donors (Lipinski definition) is 0. The fourth-order valence-electron chi connectivity index (χ4n) is 1.76. The molecule has 0 saturated carbocycles. The van der Waals surface area contributed by atoms with Crippen molar-refractivity contribution >= 4 is 0 Å². The molecule has 0 aliphatic rings. The van der Waals surface area contributed by atoms with Crippen molar-refractivity contribution in [2.75, 3.05) is 14.1 Å². The van der Waals surface area contributed by atoms with Crippen molar-refractivity contribution in [2.45, 2.75) is 13.5 Å². The second-order valence-electron chi connectivity index (χ2n) is 4.88. The average Bonchev–Trinajstić information content (AvgIpc) is 2.67. The van der Waals surface area contributed by atoms with Crippen LogP contribution in [0.5, 0.6) is 0 Å². The van der Waals surface area contributed by atoms with Crippen molar-refractivity contribution in [3.05, 3.63) is 53.0 Å². The van der Waals surface area contributed by atoms with Crippen LogP contribution in [-0.4, -0.2) is 28.3 Å². The van der Waals surface area contributed by atoms with Gasteiger partial charge in [-0.15, -0.1) is 0 Å². The Labute approximate surface area is 105 Å². The van der Waals surface area contributed by atoms with Crippen molar-refractivity contribution in [1.29, 1.82) is 0 Å². The summed E-state index contributed by atoms with van der Waals surface area (Å²) in [6.45, 7) is 1.95. The van der Waals surface area contributed by atoms with Crippen molar-refractivity contribution < 1.29 is 9.04 Å². The van der Waals surface area contributed by atoms with Gasteiger partial charge in [-0.1, -0.05) is 6.07 Å². The zero-order valence-corrected chi connectivity index (χ0v) is 10.7. The Balaban J connectivity index is 2.39. The second-order valence-corrected chi connectivity index (χ2v) is 4.88. The van der Waals surface area contributed by atoms with Crippen molar-refractivity contribution in [3.63, 3.8) is 0 Å². The van der Waals surface area contributed by atoms with Crippen LogP contribution in [0, 0.1) is 17.9 Å². The van der Waals surface area contributed by atoms with Crippen LogP contribution in [0.25, 0.3) is 5.69 Å². The minimum atomic E-state index is -0.467. The SMILES string of the molecule is Cc1ccc(-n2ccnc2C[N+](C)(C)[O-])cc1F. The quantitative estimate of drug-likeness (QED) is 0.619. The molecule has 5 heteroatoms. The molecular formula is C13H16FN3O. The highest BCUT2D eigenvalue weighted by Gasteiger charge is 2.12. The monoisotopic (exact) mass is 249 g/mol. The first-order valence-corrected chi connectivity index (χ1v) is 5.69. The molecule has 0 unspecified atom stereocenters. The van der Waals surface area contributed by atoms with E-state index in [0.717, 1.165) is 0 Å². The standard InChI is InChI=1S/C13H16FN3O/c1-10-4-5-11(8-12(10)14)16-7-6-15-13(16)9-17(2,3)18/h4-8H,9H2,1-3H3. The number of imidazole rings is 1. The van der Waals surface area contributed by atoms with Crippen LogP contribution in [0.1, 0.15) is 11.4 Å². The van der Waals surface area contributed by atoms with Crippen LogP contribution in [-0.2, 0) is 6.54 Å². The summed E-state index contributed by atoms with van der Waals surface area (Å²) in [5.74, 6) is 0.362. The lowest BCUT2D eigenvalue weighted by Gasteiger charge is -2.33. The molecule has 0 spiro atoms. The molecule has 4 nitrogen and oxygen atoms in total. The molecule has 18 heavy (non-hydrogen) atoms. The minimum Gasteiger partial charge on any atom is -0.633 e. The Hall–Kier alpha value is -1.72. The Kier molecular flexibility index (Phi) is 3.19. The number of quaternary nitrogens is 1. The van der Waals surface area contributed by atoms with Gasteiger partial charge >= 0.3 is 0 Å². The van der Waals surface area contributed by atoms with E-state index in [4.69, 9.17) is 0 Å². The van der Waals surface area contributed by atoms with Crippen molar-refractivity contribution in [2.24, 2.45) is 0 Å². The molecule has 1 aromatic heterocycles. The molecule has 1 aromatic carbocycles. The molecule has 0 amide bonds. The number of aryl methyl sites for hydroxylation is 1. The summed E-state index contributed by atoms with van der Waals surface area (Å²) in [4.78, 5) is 4.15. The van der Waals surface area contributed by atoms with Crippen molar-refractivity contribution in [1.82, 2.24) is 9.55 Å². The molecule has 2 aromatic rings. The van der Waals surface area contributed by atoms with Gasteiger partial charge in [-0.25, -0.2) is 9.37 Å². The highest BCUT2D eigenvalue weighted by atomic mass is 19.1. The van der Waals surface area contributed by atoms with Crippen LogP contribution in [0.3, 0.4) is 0 Å². The predicted octanol–water partition coefficient (Wildman–Crippen LogP) is 2.39. The number of hydrogen-bond acceptors (Lipinski definition) is 2. The maximum atomic E-state index is 13.5. The van der Waals surface area contributed by atoms with Gasteiger partial charge in [0.15, 0.2) is 5.82 Å². The average molecular weight is 249 g/mol. The highest BCUT2D eigenvalue weighted by molar-refractivity contribution is 5.36. The lowest BCUT2D eigenvalue weighted by atomic mass is 10.2. The maximum absolute atomic E-state index is 13.5. The summed E-state index contributed by atoms with van der Waals surface area (Å²) in [7, 11) is 3.10. The third-order valence-corrected chi connectivity index (χ3v) is 2.67. The third kappa shape index (κ3) is 2.75. The van der Waals surface area contributed by atoms with Gasteiger partial charge in [0.2, 0.25) is 0 Å². The maximum Gasteiger partial charge on any atom is 0.169 e. The molecule has 0 aliphatic heterocycles. The predicted molar refractivity (Wildman–Crippen MR) is 67.4 cm³/mol. The number of hydroxylamine groups is 3. The largest absolute Gasteiger partial charge is 0.633 e. The Bertz CT molecular complexity index is 558. The van der Waals surface area contributed by atoms with Gasteiger partial charge in [0.05, 0.1) is 14.1 Å². The smallest absolute Gasteiger partial charge is 0.169 e. The van der Waals surface area contributed by atoms with Gasteiger partial charge in [0, 0.05) is 18.1 Å². The van der Waals surface area contributed by atoms with E-state index in [9.17, 15) is 9.60 Å². The topological polar surface area (TPSA) is 40.9 Å². The normalized spacial score (nSPS) is 11.8. The molecule has 1 heterocycles. The molecule has 0 N–H and O–H groups in total. The van der Waals surface area contributed by atoms with Gasteiger partial charge in [-0.3, -0.25) is 4.57 Å². The summed E-state index contributed by atoms with van der Waals surface area (Å²) >= 11 is 0. The molecule has 96 valence electrons. The first-order valence-electron chi connectivity index (χ1n) is 5.69. The number of nitrogens with zero attached hydrogens (tertiary/aromatic N) is 3. The fraction of sp³-hybridized carbons (Fsp3) is 0.308. The van der Waals surface area contributed by atoms with E-state index in [2.05, 4.69) is 4.98 Å². The molecule has 0 radical (unpaired) electrons. The number of benzene rings is 1. The summed E-state index contributed by atoms with van der Waals surface area (Å²) in [6, 6.07) is 4.98. The second kappa shape index (κ2) is 4.51. The van der Waals surface area contributed by atoms with Gasteiger partial charge < -0.3 is 9.85 Å². The molecule has 0 fully saturated rings. The van der Waals surface area contributed by atoms with Gasteiger partial charge in [-0.05, 0) is 24.6 Å². The number of halogens is 1. The Morgan fingerprint density at radius 1 is 1.39 bits per heavy atom. The van der Waals surface area contributed by atoms with Gasteiger partial charge in [-0.2, -0.15) is 0 Å². The molecule has 0 aliphatic carbocycles. The van der Waals surface area contributed by atoms with Crippen LogP contribution in [0.2, 0.25) is 0 Å². The lowest BCUT2D eigenvalue weighted by Crippen LogP contribution is -2.32. The summed E-state index contributed by atoms with van der Waals surface area (Å²) in [6.07, 6.45) is 3.35. The zero-order valence-electron chi connectivity index (χ0n) is 10.7. The molecule has 0 atom stereocenters. The van der Waals surface area contributed by atoms with E-state index < -0.39 is 4.65 Å². The van der Waals surface area contributed by atoms with Crippen LogP contribution in [0.4, 0.5) is 4.39 Å². The van der Waals surface area contributed by atoms with Crippen LogP contribution < -0.4 is 0 Å². The molecule has 0 bridgehead atoms. The molecule has 2 rings (SSSR count). The van der Waals surface area contributed by atoms with Gasteiger partial charge in [0.25, 0.3) is 0 Å². The van der Waals surface area contributed by atoms with Crippen molar-refractivity contribution in [3.8, 4) is 5.69 Å². The van der Waals surface area contributed by atoms with E-state index in [1.165, 1.54) is 6.07 Å². The Morgan fingerprint density at radius 3 is 2.72 bits per heavy atom. The molecule has 0 saturated heterocycles. The van der Waals surface area contributed by atoms with E-state index in [1.807, 2.05) is 6.07 Å². The summed E-state index contributed by atoms with van der Waals surface area (Å²) in [5.41, 5.74) is 1.28. The first-order chi connectivity index (χ1) is 8.37. The Morgan fingerprint density at radius 2 is 2.11 bits per heavy atom. The highest BCUT2D eigenvalue weighted by Crippen LogP contribution is 2.16. The van der Waals surface area contributed by atoms with Gasteiger partial charge in [0.1, 0.15) is 12.4 Å². The summed E-state index contributed by atoms with van der Waals surface area (Å²) < 4.78 is 14.8. The number of rotatable bonds is 3. The van der Waals surface area contributed by atoms with E-state index in [-0.39, 0.29) is 12.4 Å². The van der Waals surface area contributed by atoms with Crippen LogP contribution >= 0.6 is 0 Å². The summed E-state index contributed by atoms with van der Waals surface area (Å²) in [5, 5.41) is 11.7. The number of aromatic nitrogens is 2. The fourth-order valence-corrected chi connectivity index (χ4v) is 1.76. The lowest BCUT2D eigenvalue weighted by molar-refractivity contribution is -0.854. The third-order valence-electron chi connectivity index (χ3n) is 2.67. The van der Waals surface area contributed by atoms with Crippen LogP contribution in [0.15, 0.2) is 30.6 Å². The first kappa shape index (κ1) is 12.7. The molecular weight excluding hydrogens is 233 g/mol.